The van der Waals surface area contributed by atoms with E-state index < -0.39 is 0 Å². The highest BCUT2D eigenvalue weighted by atomic mass is 16.2. The zero-order valence-electron chi connectivity index (χ0n) is 15.5. The minimum atomic E-state index is -0.308. The molecule has 1 fully saturated rings. The van der Waals surface area contributed by atoms with E-state index in [0.29, 0.717) is 16.9 Å². The van der Waals surface area contributed by atoms with Crippen molar-refractivity contribution in [2.24, 2.45) is 0 Å². The summed E-state index contributed by atoms with van der Waals surface area (Å²) >= 11 is 0. The first-order valence-corrected chi connectivity index (χ1v) is 8.89. The van der Waals surface area contributed by atoms with E-state index >= 15 is 0 Å². The van der Waals surface area contributed by atoms with Crippen molar-refractivity contribution < 1.29 is 14.4 Å². The van der Waals surface area contributed by atoms with Crippen LogP contribution in [0, 0.1) is 6.92 Å². The van der Waals surface area contributed by atoms with E-state index in [-0.39, 0.29) is 30.6 Å². The quantitative estimate of drug-likeness (QED) is 0.693. The Morgan fingerprint density at radius 2 is 1.90 bits per heavy atom. The molecule has 10 heteroatoms. The first kappa shape index (κ1) is 18.3. The fourth-order valence-corrected chi connectivity index (χ4v) is 2.95. The number of hydrogen-bond donors (Lipinski definition) is 2. The molecular weight excluding hydrogens is 374 g/mol. The Morgan fingerprint density at radius 3 is 2.62 bits per heavy atom. The van der Waals surface area contributed by atoms with Crippen LogP contribution in [-0.4, -0.2) is 37.9 Å². The van der Waals surface area contributed by atoms with Crippen LogP contribution >= 0.6 is 0 Å². The third kappa shape index (κ3) is 3.81. The van der Waals surface area contributed by atoms with Crippen LogP contribution in [0.4, 0.5) is 11.4 Å². The second-order valence-corrected chi connectivity index (χ2v) is 6.52. The van der Waals surface area contributed by atoms with E-state index in [2.05, 4.69) is 26.3 Å². The zero-order valence-corrected chi connectivity index (χ0v) is 15.5. The molecule has 4 rings (SSSR count). The van der Waals surface area contributed by atoms with E-state index in [1.807, 2.05) is 13.0 Å². The van der Waals surface area contributed by atoms with Crippen molar-refractivity contribution in [1.82, 2.24) is 25.6 Å². The van der Waals surface area contributed by atoms with Crippen LogP contribution in [0.1, 0.15) is 28.8 Å². The largest absolute Gasteiger partial charge is 0.322 e. The molecule has 0 radical (unpaired) electrons. The molecule has 0 aliphatic carbocycles. The van der Waals surface area contributed by atoms with Crippen LogP contribution in [0.3, 0.4) is 0 Å². The number of carbonyl (C=O) groups is 3. The number of tetrazole rings is 1. The molecule has 10 nitrogen and oxygen atoms in total. The Kier molecular flexibility index (Phi) is 4.73. The van der Waals surface area contributed by atoms with Crippen molar-refractivity contribution in [3.8, 4) is 5.69 Å². The van der Waals surface area contributed by atoms with Gasteiger partial charge < -0.3 is 5.32 Å². The predicted molar refractivity (Wildman–Crippen MR) is 103 cm³/mol. The molecule has 146 valence electrons. The molecule has 0 bridgehead atoms. The Morgan fingerprint density at radius 1 is 1.10 bits per heavy atom. The highest BCUT2D eigenvalue weighted by Crippen LogP contribution is 2.21. The van der Waals surface area contributed by atoms with Gasteiger partial charge in [-0.25, -0.2) is 9.69 Å². The summed E-state index contributed by atoms with van der Waals surface area (Å²) in [6.07, 6.45) is 1.82. The minimum Gasteiger partial charge on any atom is -0.322 e. The lowest BCUT2D eigenvalue weighted by Gasteiger charge is -2.27. The first-order chi connectivity index (χ1) is 14.0. The van der Waals surface area contributed by atoms with Gasteiger partial charge in [0.25, 0.3) is 5.91 Å². The molecule has 29 heavy (non-hydrogen) atoms. The topological polar surface area (TPSA) is 122 Å². The third-order valence-electron chi connectivity index (χ3n) is 4.50. The van der Waals surface area contributed by atoms with E-state index in [1.165, 1.54) is 16.0 Å². The zero-order chi connectivity index (χ0) is 20.4. The van der Waals surface area contributed by atoms with Crippen LogP contribution in [0.15, 0.2) is 48.8 Å². The number of hydrazine groups is 1. The molecule has 2 N–H and O–H groups in total. The van der Waals surface area contributed by atoms with Gasteiger partial charge in [-0.05, 0) is 59.3 Å². The van der Waals surface area contributed by atoms with Crippen molar-refractivity contribution in [3.05, 3.63) is 59.9 Å². The smallest absolute Gasteiger partial charge is 0.255 e. The number of carbonyl (C=O) groups excluding carboxylic acids is 3. The van der Waals surface area contributed by atoms with Gasteiger partial charge in [-0.1, -0.05) is 6.07 Å². The lowest BCUT2D eigenvalue weighted by Crippen LogP contribution is -2.50. The van der Waals surface area contributed by atoms with Crippen molar-refractivity contribution >= 4 is 29.1 Å². The molecule has 3 amide bonds. The maximum atomic E-state index is 12.6. The molecule has 1 saturated heterocycles. The average molecular weight is 391 g/mol. The number of benzene rings is 2. The van der Waals surface area contributed by atoms with Gasteiger partial charge in [0.2, 0.25) is 11.8 Å². The molecule has 1 aromatic heterocycles. The van der Waals surface area contributed by atoms with Gasteiger partial charge in [0.15, 0.2) is 0 Å². The number of nitrogens with zero attached hydrogens (tertiary/aromatic N) is 5. The highest BCUT2D eigenvalue weighted by Gasteiger charge is 2.24. The SMILES string of the molecule is Cc1ccc(NC(=O)c2ccc(N3NC(=O)CCC3=O)cc2)cc1-n1cnnn1. The van der Waals surface area contributed by atoms with Crippen molar-refractivity contribution in [2.45, 2.75) is 19.8 Å². The number of hydrogen-bond acceptors (Lipinski definition) is 6. The second-order valence-electron chi connectivity index (χ2n) is 6.52. The number of aromatic nitrogens is 4. The molecule has 3 aromatic rings. The summed E-state index contributed by atoms with van der Waals surface area (Å²) in [5.74, 6) is -0.724. The summed E-state index contributed by atoms with van der Waals surface area (Å²) in [6, 6.07) is 11.8. The Balaban J connectivity index is 1.50. The van der Waals surface area contributed by atoms with Gasteiger partial charge >= 0.3 is 0 Å². The maximum Gasteiger partial charge on any atom is 0.255 e. The predicted octanol–water partition coefficient (Wildman–Crippen LogP) is 1.38. The van der Waals surface area contributed by atoms with Gasteiger partial charge in [-0.2, -0.15) is 0 Å². The van der Waals surface area contributed by atoms with Gasteiger partial charge in [-0.15, -0.1) is 5.10 Å². The van der Waals surface area contributed by atoms with Gasteiger partial charge in [0.05, 0.1) is 11.4 Å². The molecular formula is C19H17N7O3. The third-order valence-corrected chi connectivity index (χ3v) is 4.50. The van der Waals surface area contributed by atoms with Crippen molar-refractivity contribution in [3.63, 3.8) is 0 Å². The van der Waals surface area contributed by atoms with E-state index in [0.717, 1.165) is 11.3 Å². The number of rotatable bonds is 4. The van der Waals surface area contributed by atoms with Crippen LogP contribution in [0.2, 0.25) is 0 Å². The number of anilines is 2. The monoisotopic (exact) mass is 391 g/mol. The Hall–Kier alpha value is -4.08. The van der Waals surface area contributed by atoms with Crippen LogP contribution in [-0.2, 0) is 9.59 Å². The summed E-state index contributed by atoms with van der Waals surface area (Å²) in [4.78, 5) is 36.1. The van der Waals surface area contributed by atoms with Crippen LogP contribution < -0.4 is 15.8 Å². The number of aryl methyl sites for hydroxylation is 1. The maximum absolute atomic E-state index is 12.6. The first-order valence-electron chi connectivity index (χ1n) is 8.89. The fourth-order valence-electron chi connectivity index (χ4n) is 2.95. The molecule has 1 aliphatic heterocycles. The molecule has 2 aromatic carbocycles. The lowest BCUT2D eigenvalue weighted by atomic mass is 10.1. The van der Waals surface area contributed by atoms with Gasteiger partial charge in [0.1, 0.15) is 6.33 Å². The molecule has 0 atom stereocenters. The number of amides is 3. The molecule has 0 saturated carbocycles. The molecule has 1 aliphatic rings. The lowest BCUT2D eigenvalue weighted by molar-refractivity contribution is -0.130. The summed E-state index contributed by atoms with van der Waals surface area (Å²) < 4.78 is 1.52. The van der Waals surface area contributed by atoms with Gasteiger partial charge in [0, 0.05) is 24.1 Å². The summed E-state index contributed by atoms with van der Waals surface area (Å²) in [6.45, 7) is 1.92. The molecule has 2 heterocycles. The van der Waals surface area contributed by atoms with E-state index in [4.69, 9.17) is 0 Å². The normalized spacial score (nSPS) is 13.9. The highest BCUT2D eigenvalue weighted by molar-refractivity contribution is 6.05. The van der Waals surface area contributed by atoms with E-state index in [1.54, 1.807) is 36.4 Å². The van der Waals surface area contributed by atoms with Crippen LogP contribution in [0.25, 0.3) is 5.69 Å². The van der Waals surface area contributed by atoms with Crippen molar-refractivity contribution in [2.75, 3.05) is 10.3 Å². The second kappa shape index (κ2) is 7.50. The fraction of sp³-hybridized carbons (Fsp3) is 0.158. The minimum absolute atomic E-state index is 0.158. The Labute approximate surface area is 165 Å². The molecule has 0 unspecified atom stereocenters. The Bertz CT molecular complexity index is 1080. The van der Waals surface area contributed by atoms with E-state index in [9.17, 15) is 14.4 Å². The molecule has 0 spiro atoms. The van der Waals surface area contributed by atoms with Crippen LogP contribution in [0.5, 0.6) is 0 Å². The average Bonchev–Trinajstić information content (AvgIpc) is 3.26. The number of nitrogens with one attached hydrogen (secondary N) is 2. The van der Waals surface area contributed by atoms with Gasteiger partial charge in [-0.3, -0.25) is 19.8 Å². The summed E-state index contributed by atoms with van der Waals surface area (Å²) in [5.41, 5.74) is 5.72. The standard InChI is InChI=1S/C19H17N7O3/c1-12-2-5-14(10-16(12)25-11-20-23-24-25)21-19(29)13-3-6-15(7-4-13)26-18(28)9-8-17(27)22-26/h2-7,10-11H,8-9H2,1H3,(H,21,29)(H,22,27). The summed E-state index contributed by atoms with van der Waals surface area (Å²) in [7, 11) is 0. The summed E-state index contributed by atoms with van der Waals surface area (Å²) in [5, 5.41) is 15.2. The van der Waals surface area contributed by atoms with Crippen molar-refractivity contribution in [1.29, 1.82) is 0 Å².